The van der Waals surface area contributed by atoms with Crippen molar-refractivity contribution >= 4 is 17.9 Å². The zero-order valence-corrected chi connectivity index (χ0v) is 11.9. The number of hydrogen-bond acceptors (Lipinski definition) is 3. The van der Waals surface area contributed by atoms with Crippen molar-refractivity contribution in [1.29, 1.82) is 0 Å². The van der Waals surface area contributed by atoms with Gasteiger partial charge in [0.2, 0.25) is 0 Å². The molecule has 2 aromatic carbocycles. The van der Waals surface area contributed by atoms with Gasteiger partial charge in [-0.1, -0.05) is 48.2 Å². The Kier molecular flexibility index (Phi) is 3.65. The topological polar surface area (TPSA) is 38.3 Å². The average molecular weight is 285 g/mol. The summed E-state index contributed by atoms with van der Waals surface area (Å²) in [4.78, 5) is 14.1. The molecule has 0 radical (unpaired) electrons. The molecule has 0 spiro atoms. The van der Waals surface area contributed by atoms with Crippen LogP contribution in [0.3, 0.4) is 0 Å². The Balaban J connectivity index is 2.01. The first-order valence-corrected chi connectivity index (χ1v) is 7.40. The van der Waals surface area contributed by atoms with Crippen molar-refractivity contribution in [2.45, 2.75) is 22.8 Å². The summed E-state index contributed by atoms with van der Waals surface area (Å²) in [6.07, 6.45) is -0.381. The second-order valence-electron chi connectivity index (χ2n) is 4.48. The van der Waals surface area contributed by atoms with E-state index < -0.39 is 0 Å². The lowest BCUT2D eigenvalue weighted by Gasteiger charge is -2.28. The largest absolute Gasteiger partial charge is 0.450 e. The van der Waals surface area contributed by atoms with Crippen LogP contribution in [0.15, 0.2) is 58.3 Å². The van der Waals surface area contributed by atoms with Gasteiger partial charge in [0.05, 0.1) is 12.6 Å². The number of fused-ring (bicyclic) bond motifs is 2. The van der Waals surface area contributed by atoms with Crippen LogP contribution in [0.5, 0.6) is 0 Å². The van der Waals surface area contributed by atoms with E-state index in [4.69, 9.17) is 4.74 Å². The molecule has 1 N–H and O–H groups in total. The first kappa shape index (κ1) is 13.1. The zero-order valence-electron chi connectivity index (χ0n) is 11.1. The highest BCUT2D eigenvalue weighted by Crippen LogP contribution is 2.44. The second-order valence-corrected chi connectivity index (χ2v) is 5.56. The predicted molar refractivity (Wildman–Crippen MR) is 79.0 cm³/mol. The molecule has 0 saturated carbocycles. The molecule has 3 nitrogen and oxygen atoms in total. The van der Waals surface area contributed by atoms with E-state index in [1.807, 2.05) is 24.3 Å². The van der Waals surface area contributed by atoms with Crippen LogP contribution < -0.4 is 5.32 Å². The van der Waals surface area contributed by atoms with Gasteiger partial charge < -0.3 is 10.1 Å². The van der Waals surface area contributed by atoms with Gasteiger partial charge in [-0.15, -0.1) is 0 Å². The molecule has 0 aromatic heterocycles. The minimum Gasteiger partial charge on any atom is -0.450 e. The van der Waals surface area contributed by atoms with Crippen LogP contribution >= 0.6 is 11.8 Å². The highest BCUT2D eigenvalue weighted by atomic mass is 32.2. The Labute approximate surface area is 122 Å². The number of hydrogen-bond donors (Lipinski definition) is 1. The summed E-state index contributed by atoms with van der Waals surface area (Å²) in [6, 6.07) is 16.1. The number of benzene rings is 2. The van der Waals surface area contributed by atoms with Crippen LogP contribution in [0, 0.1) is 0 Å². The van der Waals surface area contributed by atoms with Gasteiger partial charge in [0, 0.05) is 9.79 Å². The minimum atomic E-state index is -0.381. The molecule has 1 heterocycles. The van der Waals surface area contributed by atoms with Crippen LogP contribution in [-0.2, 0) is 4.74 Å². The van der Waals surface area contributed by atoms with Crippen molar-refractivity contribution in [2.24, 2.45) is 0 Å². The summed E-state index contributed by atoms with van der Waals surface area (Å²) >= 11 is 1.73. The molecule has 0 atom stereocenters. The third-order valence-corrected chi connectivity index (χ3v) is 4.40. The number of alkyl carbamates (subject to hydrolysis) is 1. The first-order chi connectivity index (χ1) is 9.79. The van der Waals surface area contributed by atoms with E-state index in [1.54, 1.807) is 18.7 Å². The molecule has 1 aliphatic rings. The lowest BCUT2D eigenvalue weighted by Crippen LogP contribution is -2.31. The van der Waals surface area contributed by atoms with Gasteiger partial charge in [-0.05, 0) is 30.2 Å². The summed E-state index contributed by atoms with van der Waals surface area (Å²) in [5.41, 5.74) is 2.23. The maximum absolute atomic E-state index is 11.8. The van der Waals surface area contributed by atoms with Crippen LogP contribution in [-0.4, -0.2) is 12.7 Å². The third-order valence-electron chi connectivity index (χ3n) is 3.22. The molecule has 0 bridgehead atoms. The van der Waals surface area contributed by atoms with Crippen molar-refractivity contribution in [2.75, 3.05) is 6.61 Å². The van der Waals surface area contributed by atoms with Crippen LogP contribution in [0.25, 0.3) is 0 Å². The van der Waals surface area contributed by atoms with E-state index in [2.05, 4.69) is 29.6 Å². The monoisotopic (exact) mass is 285 g/mol. The van der Waals surface area contributed by atoms with Crippen LogP contribution in [0.1, 0.15) is 24.1 Å². The molecule has 3 rings (SSSR count). The van der Waals surface area contributed by atoms with Gasteiger partial charge in [-0.3, -0.25) is 0 Å². The quantitative estimate of drug-likeness (QED) is 0.906. The van der Waals surface area contributed by atoms with Crippen molar-refractivity contribution in [1.82, 2.24) is 5.32 Å². The summed E-state index contributed by atoms with van der Waals surface area (Å²) in [7, 11) is 0. The first-order valence-electron chi connectivity index (χ1n) is 6.58. The molecule has 1 amide bonds. The normalized spacial score (nSPS) is 13.2. The van der Waals surface area contributed by atoms with E-state index in [0.717, 1.165) is 11.1 Å². The third kappa shape index (κ3) is 2.39. The van der Waals surface area contributed by atoms with E-state index in [1.165, 1.54) is 9.79 Å². The minimum absolute atomic E-state index is 0.150. The molecule has 2 aromatic rings. The van der Waals surface area contributed by atoms with Crippen molar-refractivity contribution in [3.05, 3.63) is 59.7 Å². The van der Waals surface area contributed by atoms with Crippen molar-refractivity contribution < 1.29 is 9.53 Å². The predicted octanol–water partition coefficient (Wildman–Crippen LogP) is 3.99. The average Bonchev–Trinajstić information content (AvgIpc) is 2.47. The SMILES string of the molecule is CCOC(=O)NC1c2ccccc2Sc2ccccc21. The number of amides is 1. The molecule has 0 aliphatic carbocycles. The van der Waals surface area contributed by atoms with Crippen molar-refractivity contribution in [3.63, 3.8) is 0 Å². The van der Waals surface area contributed by atoms with E-state index in [0.29, 0.717) is 6.61 Å². The van der Waals surface area contributed by atoms with E-state index >= 15 is 0 Å². The van der Waals surface area contributed by atoms with Gasteiger partial charge in [0.15, 0.2) is 0 Å². The number of nitrogens with one attached hydrogen (secondary N) is 1. The second kappa shape index (κ2) is 5.59. The van der Waals surface area contributed by atoms with Gasteiger partial charge in [-0.2, -0.15) is 0 Å². The molecular weight excluding hydrogens is 270 g/mol. The number of carbonyl (C=O) groups excluding carboxylic acids is 1. The lowest BCUT2D eigenvalue weighted by molar-refractivity contribution is 0.149. The molecule has 20 heavy (non-hydrogen) atoms. The Morgan fingerprint density at radius 2 is 1.65 bits per heavy atom. The van der Waals surface area contributed by atoms with E-state index in [9.17, 15) is 4.79 Å². The summed E-state index contributed by atoms with van der Waals surface area (Å²) in [5.74, 6) is 0. The fourth-order valence-corrected chi connectivity index (χ4v) is 3.49. The van der Waals surface area contributed by atoms with Gasteiger partial charge in [0.1, 0.15) is 0 Å². The Morgan fingerprint density at radius 1 is 1.10 bits per heavy atom. The Hall–Kier alpha value is -1.94. The van der Waals surface area contributed by atoms with Crippen LogP contribution in [0.4, 0.5) is 4.79 Å². The fraction of sp³-hybridized carbons (Fsp3) is 0.188. The standard InChI is InChI=1S/C16H15NO2S/c1-2-19-16(18)17-15-11-7-3-5-9-13(11)20-14-10-6-4-8-12(14)15/h3-10,15H,2H2,1H3,(H,17,18). The summed E-state index contributed by atoms with van der Waals surface area (Å²) in [5, 5.41) is 2.96. The fourth-order valence-electron chi connectivity index (χ4n) is 2.36. The summed E-state index contributed by atoms with van der Waals surface area (Å²) < 4.78 is 5.02. The highest BCUT2D eigenvalue weighted by molar-refractivity contribution is 7.99. The Bertz CT molecular complexity index is 596. The number of ether oxygens (including phenoxy) is 1. The molecule has 0 unspecified atom stereocenters. The molecule has 4 heteroatoms. The smallest absolute Gasteiger partial charge is 0.407 e. The van der Waals surface area contributed by atoms with Crippen molar-refractivity contribution in [3.8, 4) is 0 Å². The molecular formula is C16H15NO2S. The molecule has 0 saturated heterocycles. The Morgan fingerprint density at radius 3 is 2.20 bits per heavy atom. The maximum Gasteiger partial charge on any atom is 0.407 e. The molecule has 102 valence electrons. The highest BCUT2D eigenvalue weighted by Gasteiger charge is 2.27. The molecule has 1 aliphatic heterocycles. The zero-order chi connectivity index (χ0) is 13.9. The van der Waals surface area contributed by atoms with Gasteiger partial charge in [0.25, 0.3) is 0 Å². The number of carbonyl (C=O) groups is 1. The maximum atomic E-state index is 11.8. The van der Waals surface area contributed by atoms with Gasteiger partial charge >= 0.3 is 6.09 Å². The number of rotatable bonds is 2. The van der Waals surface area contributed by atoms with Crippen LogP contribution in [0.2, 0.25) is 0 Å². The van der Waals surface area contributed by atoms with Gasteiger partial charge in [-0.25, -0.2) is 4.79 Å². The molecule has 0 fully saturated rings. The van der Waals surface area contributed by atoms with E-state index in [-0.39, 0.29) is 12.1 Å². The lowest BCUT2D eigenvalue weighted by atomic mass is 9.98. The summed E-state index contributed by atoms with van der Waals surface area (Å²) in [6.45, 7) is 2.18.